The van der Waals surface area contributed by atoms with E-state index < -0.39 is 0 Å². The fourth-order valence-corrected chi connectivity index (χ4v) is 1.82. The first-order valence-corrected chi connectivity index (χ1v) is 5.47. The van der Waals surface area contributed by atoms with Gasteiger partial charge in [0, 0.05) is 23.2 Å². The SMILES string of the molecule is Cc1cc(C(C)(C)C)n(C(C)C)c(=O)c1. The van der Waals surface area contributed by atoms with Gasteiger partial charge in [-0.2, -0.15) is 0 Å². The van der Waals surface area contributed by atoms with Gasteiger partial charge in [0.15, 0.2) is 0 Å². The summed E-state index contributed by atoms with van der Waals surface area (Å²) in [6.07, 6.45) is 0. The lowest BCUT2D eigenvalue weighted by Crippen LogP contribution is -2.30. The lowest BCUT2D eigenvalue weighted by Gasteiger charge is -2.26. The van der Waals surface area contributed by atoms with Crippen LogP contribution in [0.2, 0.25) is 0 Å². The molecule has 0 radical (unpaired) electrons. The standard InChI is InChI=1S/C13H21NO/c1-9(2)14-11(13(4,5)6)7-10(3)8-12(14)15/h7-9H,1-6H3. The van der Waals surface area contributed by atoms with E-state index in [0.717, 1.165) is 11.3 Å². The Morgan fingerprint density at radius 1 is 1.20 bits per heavy atom. The maximum atomic E-state index is 11.9. The average molecular weight is 207 g/mol. The van der Waals surface area contributed by atoms with Gasteiger partial charge in [-0.15, -0.1) is 0 Å². The first-order chi connectivity index (χ1) is 6.73. The summed E-state index contributed by atoms with van der Waals surface area (Å²) in [5, 5.41) is 0. The van der Waals surface area contributed by atoms with Crippen LogP contribution >= 0.6 is 0 Å². The summed E-state index contributed by atoms with van der Waals surface area (Å²) < 4.78 is 1.88. The fourth-order valence-electron chi connectivity index (χ4n) is 1.82. The topological polar surface area (TPSA) is 22.0 Å². The lowest BCUT2D eigenvalue weighted by atomic mass is 9.90. The van der Waals surface area contributed by atoms with Crippen molar-refractivity contribution in [2.24, 2.45) is 0 Å². The number of hydrogen-bond acceptors (Lipinski definition) is 1. The molecule has 0 fully saturated rings. The van der Waals surface area contributed by atoms with E-state index in [2.05, 4.69) is 26.8 Å². The Bertz CT molecular complexity index is 408. The molecule has 0 aliphatic rings. The molecular formula is C13H21NO. The van der Waals surface area contributed by atoms with Crippen LogP contribution in [0.3, 0.4) is 0 Å². The number of nitrogens with zero attached hydrogens (tertiary/aromatic N) is 1. The number of pyridine rings is 1. The van der Waals surface area contributed by atoms with Gasteiger partial charge in [0.2, 0.25) is 0 Å². The molecule has 0 aliphatic carbocycles. The molecule has 2 heteroatoms. The quantitative estimate of drug-likeness (QED) is 0.693. The molecule has 0 atom stereocenters. The predicted octanol–water partition coefficient (Wildman–Crippen LogP) is 3.04. The van der Waals surface area contributed by atoms with E-state index in [1.165, 1.54) is 0 Å². The number of hydrogen-bond donors (Lipinski definition) is 0. The zero-order valence-corrected chi connectivity index (χ0v) is 10.6. The monoisotopic (exact) mass is 207 g/mol. The smallest absolute Gasteiger partial charge is 0.251 e. The Morgan fingerprint density at radius 2 is 1.73 bits per heavy atom. The summed E-state index contributed by atoms with van der Waals surface area (Å²) in [5.41, 5.74) is 2.27. The van der Waals surface area contributed by atoms with Crippen molar-refractivity contribution in [2.45, 2.75) is 53.0 Å². The first kappa shape index (κ1) is 12.0. The highest BCUT2D eigenvalue weighted by molar-refractivity contribution is 5.22. The highest BCUT2D eigenvalue weighted by atomic mass is 16.1. The summed E-state index contributed by atoms with van der Waals surface area (Å²) in [6.45, 7) is 12.5. The van der Waals surface area contributed by atoms with Crippen LogP contribution in [0.5, 0.6) is 0 Å². The molecule has 15 heavy (non-hydrogen) atoms. The largest absolute Gasteiger partial charge is 0.310 e. The Morgan fingerprint density at radius 3 is 2.13 bits per heavy atom. The highest BCUT2D eigenvalue weighted by Crippen LogP contribution is 2.23. The van der Waals surface area contributed by atoms with Crippen molar-refractivity contribution in [1.82, 2.24) is 4.57 Å². The molecule has 0 aromatic carbocycles. The molecular weight excluding hydrogens is 186 g/mol. The summed E-state index contributed by atoms with van der Waals surface area (Å²) in [5.74, 6) is 0. The van der Waals surface area contributed by atoms with Crippen LogP contribution < -0.4 is 5.56 Å². The van der Waals surface area contributed by atoms with Crippen LogP contribution in [-0.2, 0) is 5.41 Å². The van der Waals surface area contributed by atoms with Gasteiger partial charge in [0.05, 0.1) is 0 Å². The van der Waals surface area contributed by atoms with Gasteiger partial charge in [-0.25, -0.2) is 0 Å². The fraction of sp³-hybridized carbons (Fsp3) is 0.615. The zero-order chi connectivity index (χ0) is 11.8. The Balaban J connectivity index is 3.55. The molecule has 0 unspecified atom stereocenters. The minimum absolute atomic E-state index is 0.00937. The molecule has 1 rings (SSSR count). The van der Waals surface area contributed by atoms with Crippen molar-refractivity contribution < 1.29 is 0 Å². The van der Waals surface area contributed by atoms with Crippen LogP contribution in [0.25, 0.3) is 0 Å². The Hall–Kier alpha value is -1.05. The predicted molar refractivity (Wildman–Crippen MR) is 64.5 cm³/mol. The van der Waals surface area contributed by atoms with Crippen LogP contribution in [0, 0.1) is 6.92 Å². The van der Waals surface area contributed by atoms with Crippen LogP contribution in [-0.4, -0.2) is 4.57 Å². The normalized spacial score (nSPS) is 12.2. The van der Waals surface area contributed by atoms with Gasteiger partial charge >= 0.3 is 0 Å². The van der Waals surface area contributed by atoms with Crippen LogP contribution in [0.15, 0.2) is 16.9 Å². The second-order valence-electron chi connectivity index (χ2n) is 5.47. The summed E-state index contributed by atoms with van der Waals surface area (Å²) in [4.78, 5) is 11.9. The number of rotatable bonds is 1. The summed E-state index contributed by atoms with van der Waals surface area (Å²) in [6, 6.07) is 4.03. The molecule has 0 spiro atoms. The van der Waals surface area contributed by atoms with Gasteiger partial charge in [-0.3, -0.25) is 4.79 Å². The first-order valence-electron chi connectivity index (χ1n) is 5.47. The molecule has 0 bridgehead atoms. The van der Waals surface area contributed by atoms with Gasteiger partial charge in [0.1, 0.15) is 0 Å². The van der Waals surface area contributed by atoms with Crippen LogP contribution in [0.4, 0.5) is 0 Å². The van der Waals surface area contributed by atoms with E-state index in [-0.39, 0.29) is 17.0 Å². The molecule has 0 N–H and O–H groups in total. The van der Waals surface area contributed by atoms with E-state index in [4.69, 9.17) is 0 Å². The van der Waals surface area contributed by atoms with E-state index in [1.54, 1.807) is 6.07 Å². The van der Waals surface area contributed by atoms with E-state index in [1.807, 2.05) is 25.3 Å². The van der Waals surface area contributed by atoms with Crippen molar-refractivity contribution >= 4 is 0 Å². The molecule has 0 aliphatic heterocycles. The molecule has 1 heterocycles. The highest BCUT2D eigenvalue weighted by Gasteiger charge is 2.20. The van der Waals surface area contributed by atoms with E-state index >= 15 is 0 Å². The minimum atomic E-state index is 0.00937. The number of aromatic nitrogens is 1. The second-order valence-corrected chi connectivity index (χ2v) is 5.47. The van der Waals surface area contributed by atoms with Crippen molar-refractivity contribution in [1.29, 1.82) is 0 Å². The third-order valence-electron chi connectivity index (χ3n) is 2.50. The van der Waals surface area contributed by atoms with E-state index in [0.29, 0.717) is 0 Å². The Labute approximate surface area is 91.9 Å². The third-order valence-corrected chi connectivity index (χ3v) is 2.50. The lowest BCUT2D eigenvalue weighted by molar-refractivity contribution is 0.466. The molecule has 84 valence electrons. The van der Waals surface area contributed by atoms with Crippen molar-refractivity contribution in [3.63, 3.8) is 0 Å². The molecule has 1 aromatic rings. The third kappa shape index (κ3) is 2.49. The second kappa shape index (κ2) is 3.84. The molecule has 1 aromatic heterocycles. The molecule has 0 saturated carbocycles. The van der Waals surface area contributed by atoms with Gasteiger partial charge in [-0.1, -0.05) is 20.8 Å². The Kier molecular flexibility index (Phi) is 3.08. The summed E-state index contributed by atoms with van der Waals surface area (Å²) >= 11 is 0. The average Bonchev–Trinajstić information content (AvgIpc) is 1.99. The van der Waals surface area contributed by atoms with Gasteiger partial charge < -0.3 is 4.57 Å². The minimum Gasteiger partial charge on any atom is -0.310 e. The number of aryl methyl sites for hydroxylation is 1. The van der Waals surface area contributed by atoms with Gasteiger partial charge in [-0.05, 0) is 32.4 Å². The van der Waals surface area contributed by atoms with Crippen molar-refractivity contribution in [3.8, 4) is 0 Å². The summed E-state index contributed by atoms with van der Waals surface area (Å²) in [7, 11) is 0. The molecule has 2 nitrogen and oxygen atoms in total. The maximum Gasteiger partial charge on any atom is 0.251 e. The zero-order valence-electron chi connectivity index (χ0n) is 10.6. The van der Waals surface area contributed by atoms with Crippen molar-refractivity contribution in [2.75, 3.05) is 0 Å². The van der Waals surface area contributed by atoms with Crippen molar-refractivity contribution in [3.05, 3.63) is 33.7 Å². The van der Waals surface area contributed by atoms with Gasteiger partial charge in [0.25, 0.3) is 5.56 Å². The molecule has 0 saturated heterocycles. The van der Waals surface area contributed by atoms with Crippen LogP contribution in [0.1, 0.15) is 51.9 Å². The maximum absolute atomic E-state index is 11.9. The van der Waals surface area contributed by atoms with E-state index in [9.17, 15) is 4.79 Å². The molecule has 0 amide bonds.